The molecule has 27 heavy (non-hydrogen) atoms. The first-order valence-electron chi connectivity index (χ1n) is 8.12. The Morgan fingerprint density at radius 1 is 1.04 bits per heavy atom. The Kier molecular flexibility index (Phi) is 5.54. The van der Waals surface area contributed by atoms with Crippen molar-refractivity contribution in [3.05, 3.63) is 67.0 Å². The van der Waals surface area contributed by atoms with Crippen molar-refractivity contribution < 1.29 is 27.4 Å². The van der Waals surface area contributed by atoms with Gasteiger partial charge in [0.1, 0.15) is 12.4 Å². The van der Waals surface area contributed by atoms with Crippen molar-refractivity contribution in [2.45, 2.75) is 6.61 Å². The van der Waals surface area contributed by atoms with Crippen LogP contribution in [0.4, 0.5) is 13.2 Å². The van der Waals surface area contributed by atoms with Gasteiger partial charge in [-0.15, -0.1) is 0 Å². The van der Waals surface area contributed by atoms with Crippen LogP contribution in [0.15, 0.2) is 61.2 Å². The molecule has 0 N–H and O–H groups in total. The third-order valence-electron chi connectivity index (χ3n) is 3.97. The highest BCUT2D eigenvalue weighted by atomic mass is 19.3. The van der Waals surface area contributed by atoms with E-state index in [9.17, 15) is 13.2 Å². The Labute approximate surface area is 154 Å². The lowest BCUT2D eigenvalue weighted by atomic mass is 10.0. The van der Waals surface area contributed by atoms with E-state index in [2.05, 4.69) is 11.3 Å². The molecule has 3 aromatic carbocycles. The molecule has 0 aliphatic rings. The minimum absolute atomic E-state index is 0.253. The molecule has 0 heterocycles. The number of rotatable bonds is 7. The van der Waals surface area contributed by atoms with Gasteiger partial charge in [-0.3, -0.25) is 0 Å². The van der Waals surface area contributed by atoms with Crippen LogP contribution in [0.3, 0.4) is 0 Å². The number of methoxy groups -OCH3 is 1. The second kappa shape index (κ2) is 8.03. The fourth-order valence-corrected chi connectivity index (χ4v) is 2.77. The Morgan fingerprint density at radius 3 is 2.37 bits per heavy atom. The maximum Gasteiger partial charge on any atom is 0.387 e. The average Bonchev–Trinajstić information content (AvgIpc) is 2.66. The predicted molar refractivity (Wildman–Crippen MR) is 98.2 cm³/mol. The zero-order valence-electron chi connectivity index (χ0n) is 14.5. The van der Waals surface area contributed by atoms with Crippen molar-refractivity contribution in [2.24, 2.45) is 0 Å². The molecule has 3 aromatic rings. The minimum atomic E-state index is -3.08. The zero-order valence-corrected chi connectivity index (χ0v) is 14.5. The molecule has 140 valence electrons. The summed E-state index contributed by atoms with van der Waals surface area (Å²) in [6.07, 6.45) is 1.65. The summed E-state index contributed by atoms with van der Waals surface area (Å²) >= 11 is 0. The lowest BCUT2D eigenvalue weighted by molar-refractivity contribution is -0.0513. The van der Waals surface area contributed by atoms with Gasteiger partial charge in [-0.1, -0.05) is 36.9 Å². The maximum atomic E-state index is 14.6. The second-order valence-electron chi connectivity index (χ2n) is 5.66. The lowest BCUT2D eigenvalue weighted by Crippen LogP contribution is -2.04. The highest BCUT2D eigenvalue weighted by Crippen LogP contribution is 2.38. The van der Waals surface area contributed by atoms with Gasteiger partial charge in [-0.25, -0.2) is 4.39 Å². The van der Waals surface area contributed by atoms with Crippen molar-refractivity contribution in [2.75, 3.05) is 13.7 Å². The molecule has 0 saturated heterocycles. The average molecular weight is 374 g/mol. The quantitative estimate of drug-likeness (QED) is 0.488. The van der Waals surface area contributed by atoms with Crippen LogP contribution in [0.25, 0.3) is 21.9 Å². The van der Waals surface area contributed by atoms with Gasteiger partial charge >= 0.3 is 6.61 Å². The molecular weight excluding hydrogens is 357 g/mol. The summed E-state index contributed by atoms with van der Waals surface area (Å²) in [5, 5.41) is 0.677. The van der Waals surface area contributed by atoms with Gasteiger partial charge in [0, 0.05) is 5.39 Å². The molecule has 0 unspecified atom stereocenters. The summed E-state index contributed by atoms with van der Waals surface area (Å²) in [7, 11) is 1.20. The van der Waals surface area contributed by atoms with Crippen molar-refractivity contribution in [3.8, 4) is 28.4 Å². The van der Waals surface area contributed by atoms with Crippen LogP contribution in [0, 0.1) is 5.82 Å². The fourth-order valence-electron chi connectivity index (χ4n) is 2.77. The summed E-state index contributed by atoms with van der Waals surface area (Å²) in [6.45, 7) is 0.917. The van der Waals surface area contributed by atoms with E-state index in [0.29, 0.717) is 17.7 Å². The van der Waals surface area contributed by atoms with Crippen molar-refractivity contribution in [1.29, 1.82) is 0 Å². The van der Waals surface area contributed by atoms with Gasteiger partial charge in [-0.2, -0.15) is 8.78 Å². The van der Waals surface area contributed by atoms with Crippen LogP contribution in [0.5, 0.6) is 17.2 Å². The van der Waals surface area contributed by atoms with E-state index in [4.69, 9.17) is 9.47 Å². The number of hydrogen-bond acceptors (Lipinski definition) is 3. The molecular formula is C21H17F3O3. The molecule has 6 heteroatoms. The summed E-state index contributed by atoms with van der Waals surface area (Å²) in [5.41, 5.74) is 1.67. The zero-order chi connectivity index (χ0) is 19.4. The molecule has 0 bridgehead atoms. The number of benzene rings is 3. The molecule has 0 saturated carbocycles. The summed E-state index contributed by atoms with van der Waals surface area (Å²) in [4.78, 5) is 0. The molecule has 0 amide bonds. The van der Waals surface area contributed by atoms with Gasteiger partial charge in [-0.05, 0) is 40.8 Å². The SMILES string of the molecule is C=CCOc1ccc(-c2ccc3c(F)c(OC)c(OC(F)F)cc3c2)cc1. The fraction of sp³-hybridized carbons (Fsp3) is 0.143. The first-order chi connectivity index (χ1) is 13.0. The van der Waals surface area contributed by atoms with E-state index in [1.165, 1.54) is 13.2 Å². The smallest absolute Gasteiger partial charge is 0.387 e. The third-order valence-corrected chi connectivity index (χ3v) is 3.97. The monoisotopic (exact) mass is 374 g/mol. The van der Waals surface area contributed by atoms with E-state index < -0.39 is 12.4 Å². The second-order valence-corrected chi connectivity index (χ2v) is 5.66. The normalized spacial score (nSPS) is 10.9. The first-order valence-corrected chi connectivity index (χ1v) is 8.12. The number of ether oxygens (including phenoxy) is 3. The van der Waals surface area contributed by atoms with Crippen LogP contribution in [0.2, 0.25) is 0 Å². The maximum absolute atomic E-state index is 14.6. The Hall–Kier alpha value is -3.15. The molecule has 0 fully saturated rings. The van der Waals surface area contributed by atoms with Crippen molar-refractivity contribution in [3.63, 3.8) is 0 Å². The van der Waals surface area contributed by atoms with E-state index in [1.54, 1.807) is 24.3 Å². The summed E-state index contributed by atoms with van der Waals surface area (Å²) < 4.78 is 54.6. The number of fused-ring (bicyclic) bond motifs is 1. The van der Waals surface area contributed by atoms with Gasteiger partial charge in [0.05, 0.1) is 7.11 Å². The van der Waals surface area contributed by atoms with Crippen molar-refractivity contribution in [1.82, 2.24) is 0 Å². The molecule has 0 atom stereocenters. The largest absolute Gasteiger partial charge is 0.490 e. The van der Waals surface area contributed by atoms with Crippen LogP contribution in [0.1, 0.15) is 0 Å². The van der Waals surface area contributed by atoms with Gasteiger partial charge in [0.15, 0.2) is 17.3 Å². The molecule has 3 rings (SSSR count). The molecule has 0 radical (unpaired) electrons. The topological polar surface area (TPSA) is 27.7 Å². The van der Waals surface area contributed by atoms with Crippen molar-refractivity contribution >= 4 is 10.8 Å². The number of halogens is 3. The van der Waals surface area contributed by atoms with Crippen LogP contribution < -0.4 is 14.2 Å². The van der Waals surface area contributed by atoms with E-state index in [1.807, 2.05) is 24.3 Å². The molecule has 0 aliphatic carbocycles. The third kappa shape index (κ3) is 4.00. The molecule has 0 aromatic heterocycles. The standard InChI is InChI=1S/C21H17F3O3/c1-3-10-26-16-7-4-13(5-8-16)14-6-9-17-15(11-14)12-18(27-21(23)24)20(25-2)19(17)22/h3-9,11-12,21H,1,10H2,2H3. The first kappa shape index (κ1) is 18.6. The number of hydrogen-bond donors (Lipinski definition) is 0. The van der Waals surface area contributed by atoms with Gasteiger partial charge < -0.3 is 14.2 Å². The van der Waals surface area contributed by atoms with E-state index in [-0.39, 0.29) is 16.9 Å². The summed E-state index contributed by atoms with van der Waals surface area (Å²) in [5.74, 6) is -0.740. The van der Waals surface area contributed by atoms with Gasteiger partial charge in [0.25, 0.3) is 0 Å². The molecule has 3 nitrogen and oxygen atoms in total. The Balaban J connectivity index is 2.02. The van der Waals surface area contributed by atoms with E-state index in [0.717, 1.165) is 11.1 Å². The summed E-state index contributed by atoms with van der Waals surface area (Å²) in [6, 6.07) is 13.7. The Morgan fingerprint density at radius 2 is 1.74 bits per heavy atom. The lowest BCUT2D eigenvalue weighted by Gasteiger charge is -2.13. The van der Waals surface area contributed by atoms with Crippen LogP contribution in [-0.4, -0.2) is 20.3 Å². The predicted octanol–water partition coefficient (Wildman–Crippen LogP) is 5.82. The molecule has 0 spiro atoms. The highest BCUT2D eigenvalue weighted by molar-refractivity contribution is 5.90. The number of alkyl halides is 2. The highest BCUT2D eigenvalue weighted by Gasteiger charge is 2.18. The van der Waals surface area contributed by atoms with Crippen LogP contribution >= 0.6 is 0 Å². The van der Waals surface area contributed by atoms with Gasteiger partial charge in [0.2, 0.25) is 0 Å². The van der Waals surface area contributed by atoms with Crippen LogP contribution in [-0.2, 0) is 0 Å². The molecule has 0 aliphatic heterocycles. The minimum Gasteiger partial charge on any atom is -0.490 e. The Bertz CT molecular complexity index is 953. The van der Waals surface area contributed by atoms with E-state index >= 15 is 0 Å².